The van der Waals surface area contributed by atoms with Crippen molar-refractivity contribution in [2.75, 3.05) is 19.6 Å². The van der Waals surface area contributed by atoms with Gasteiger partial charge in [-0.05, 0) is 149 Å². The summed E-state index contributed by atoms with van der Waals surface area (Å²) in [6.45, 7) is 2.30. The van der Waals surface area contributed by atoms with Crippen LogP contribution in [0.3, 0.4) is 0 Å². The van der Waals surface area contributed by atoms with Crippen LogP contribution >= 0.6 is 23.5 Å². The summed E-state index contributed by atoms with van der Waals surface area (Å²) in [6, 6.07) is 93.7. The monoisotopic (exact) mass is 1020 g/mol. The number of hydrogen-bond acceptors (Lipinski definition) is 6. The molecule has 0 N–H and O–H groups in total. The molecule has 0 aromatic heterocycles. The number of benzene rings is 11. The molecule has 4 heterocycles. The standard InChI is InChI=1S/C69H50B2N4S2/c1-3-47-25-23-24-46(2)69(47)75-60-45-64-58(71-56-37-20-22-39-63(56)76-65-42-54(43-66(77-64)68(65)71)73(50-30-13-6-14-31-50)51-32-15-7-16-33-51)44-57(60)70-55-36-19-21-38-59(55)74(52-34-17-8-18-35-52)61-40-53(41-62(75)67(61)70)72(48-26-9-4-10-27-48)49-28-11-5-12-29-49/h4-45H,3H2,1-2H3/i2D. The molecule has 8 heteroatoms. The van der Waals surface area contributed by atoms with Crippen molar-refractivity contribution in [3.8, 4) is 0 Å². The lowest BCUT2D eigenvalue weighted by molar-refractivity contribution is 1.10. The van der Waals surface area contributed by atoms with Gasteiger partial charge in [0.25, 0.3) is 6.71 Å². The summed E-state index contributed by atoms with van der Waals surface area (Å²) < 4.78 is 9.25. The van der Waals surface area contributed by atoms with Gasteiger partial charge in [0.2, 0.25) is 6.71 Å². The van der Waals surface area contributed by atoms with E-state index in [1.54, 1.807) is 0 Å². The maximum atomic E-state index is 9.25. The van der Waals surface area contributed by atoms with Gasteiger partial charge in [0, 0.05) is 77.8 Å². The smallest absolute Gasteiger partial charge is 0.252 e. The van der Waals surface area contributed by atoms with Gasteiger partial charge in [-0.1, -0.05) is 193 Å². The van der Waals surface area contributed by atoms with Crippen LogP contribution in [-0.2, 0) is 6.42 Å². The Labute approximate surface area is 461 Å². The van der Waals surface area contributed by atoms with Gasteiger partial charge in [-0.3, -0.25) is 0 Å². The van der Waals surface area contributed by atoms with Gasteiger partial charge in [0.15, 0.2) is 0 Å². The largest absolute Gasteiger partial charge is 0.311 e. The molecule has 4 nitrogen and oxygen atoms in total. The third kappa shape index (κ3) is 7.41. The average Bonchev–Trinajstić information content (AvgIpc) is 2.32. The van der Waals surface area contributed by atoms with Crippen molar-refractivity contribution in [1.82, 2.24) is 0 Å². The van der Waals surface area contributed by atoms with E-state index in [0.717, 1.165) is 74.5 Å². The molecular weight excluding hydrogens is 971 g/mol. The van der Waals surface area contributed by atoms with Crippen LogP contribution < -0.4 is 52.4 Å². The molecule has 77 heavy (non-hydrogen) atoms. The minimum Gasteiger partial charge on any atom is -0.311 e. The van der Waals surface area contributed by atoms with Crippen molar-refractivity contribution in [1.29, 1.82) is 0 Å². The Balaban J connectivity index is 1.03. The fraction of sp³-hybridized carbons (Fsp3) is 0.0435. The number of aryl methyl sites for hydroxylation is 2. The second-order valence-electron chi connectivity index (χ2n) is 20.2. The minimum absolute atomic E-state index is 0.0123. The number of anilines is 12. The lowest BCUT2D eigenvalue weighted by Crippen LogP contribution is -2.64. The molecule has 4 aliphatic heterocycles. The Morgan fingerprint density at radius 1 is 0.377 bits per heavy atom. The van der Waals surface area contributed by atoms with Crippen LogP contribution in [0.5, 0.6) is 0 Å². The maximum Gasteiger partial charge on any atom is 0.252 e. The number of fused-ring (bicyclic) bond motifs is 8. The summed E-state index contributed by atoms with van der Waals surface area (Å²) in [5.41, 5.74) is 23.4. The SMILES string of the molecule is [2H]Cc1cccc(CC)c1N1c2cc3c(cc2B2c4ccccc4N(c4ccccc4)c4cc(N(c5ccccc5)c5ccccc5)cc1c42)B1c2ccccc2Sc2cc(N(c4ccccc4)c4ccccc4)cc(c21)S3. The molecule has 0 bridgehead atoms. The van der Waals surface area contributed by atoms with Crippen molar-refractivity contribution in [2.24, 2.45) is 0 Å². The average molecular weight is 1020 g/mol. The van der Waals surface area contributed by atoms with Gasteiger partial charge in [-0.25, -0.2) is 0 Å². The summed E-state index contributed by atoms with van der Waals surface area (Å²) in [5, 5.41) is 0. The van der Waals surface area contributed by atoms with Crippen LogP contribution in [0.1, 0.15) is 19.4 Å². The third-order valence-electron chi connectivity index (χ3n) is 15.8. The highest BCUT2D eigenvalue weighted by molar-refractivity contribution is 8.01. The van der Waals surface area contributed by atoms with Crippen molar-refractivity contribution in [2.45, 2.75) is 39.8 Å². The van der Waals surface area contributed by atoms with Crippen molar-refractivity contribution in [3.63, 3.8) is 0 Å². The zero-order valence-corrected chi connectivity index (χ0v) is 44.1. The molecule has 11 aromatic rings. The highest BCUT2D eigenvalue weighted by Gasteiger charge is 2.47. The van der Waals surface area contributed by atoms with E-state index in [-0.39, 0.29) is 20.3 Å². The normalized spacial score (nSPS) is 13.3. The second-order valence-corrected chi connectivity index (χ2v) is 22.3. The first-order valence-corrected chi connectivity index (χ1v) is 28.2. The van der Waals surface area contributed by atoms with E-state index in [1.807, 2.05) is 23.5 Å². The maximum absolute atomic E-state index is 9.25. The Kier molecular flexibility index (Phi) is 10.8. The predicted molar refractivity (Wildman–Crippen MR) is 330 cm³/mol. The van der Waals surface area contributed by atoms with Crippen LogP contribution in [0.25, 0.3) is 0 Å². The molecule has 0 atom stereocenters. The van der Waals surface area contributed by atoms with E-state index in [1.165, 1.54) is 63.6 Å². The molecule has 0 unspecified atom stereocenters. The lowest BCUT2D eigenvalue weighted by atomic mass is 9.31. The molecule has 364 valence electrons. The van der Waals surface area contributed by atoms with Crippen LogP contribution in [0.4, 0.5) is 68.2 Å². The minimum atomic E-state index is -0.112. The van der Waals surface area contributed by atoms with Gasteiger partial charge in [-0.15, -0.1) is 0 Å². The van der Waals surface area contributed by atoms with Gasteiger partial charge in [-0.2, -0.15) is 0 Å². The fourth-order valence-corrected chi connectivity index (χ4v) is 15.1. The van der Waals surface area contributed by atoms with Crippen LogP contribution in [-0.4, -0.2) is 13.4 Å². The Morgan fingerprint density at radius 3 is 1.48 bits per heavy atom. The fourth-order valence-electron chi connectivity index (χ4n) is 12.6. The van der Waals surface area contributed by atoms with Gasteiger partial charge in [0.1, 0.15) is 0 Å². The highest BCUT2D eigenvalue weighted by Crippen LogP contribution is 2.51. The molecule has 0 amide bonds. The van der Waals surface area contributed by atoms with E-state index in [4.69, 9.17) is 0 Å². The van der Waals surface area contributed by atoms with E-state index in [2.05, 4.69) is 281 Å². The highest BCUT2D eigenvalue weighted by atomic mass is 32.2. The number of nitrogens with zero attached hydrogens (tertiary/aromatic N) is 4. The lowest BCUT2D eigenvalue weighted by Gasteiger charge is -2.46. The summed E-state index contributed by atoms with van der Waals surface area (Å²) in [7, 11) is 0. The van der Waals surface area contributed by atoms with Crippen LogP contribution in [0.15, 0.2) is 274 Å². The number of hydrogen-bond donors (Lipinski definition) is 0. The zero-order valence-electron chi connectivity index (χ0n) is 43.4. The Hall–Kier alpha value is -8.55. The van der Waals surface area contributed by atoms with Crippen molar-refractivity contribution in [3.05, 3.63) is 266 Å². The van der Waals surface area contributed by atoms with Crippen molar-refractivity contribution >= 4 is 138 Å². The van der Waals surface area contributed by atoms with E-state index >= 15 is 0 Å². The topological polar surface area (TPSA) is 13.0 Å². The Bertz CT molecular complexity index is 4010. The van der Waals surface area contributed by atoms with Crippen LogP contribution in [0, 0.1) is 6.90 Å². The summed E-state index contributed by atoms with van der Waals surface area (Å²) in [5.74, 6) is 0. The second kappa shape index (κ2) is 18.6. The summed E-state index contributed by atoms with van der Waals surface area (Å²) in [4.78, 5) is 15.0. The first-order valence-electron chi connectivity index (χ1n) is 27.3. The van der Waals surface area contributed by atoms with E-state index in [9.17, 15) is 1.37 Å². The summed E-state index contributed by atoms with van der Waals surface area (Å²) >= 11 is 3.81. The first-order chi connectivity index (χ1) is 38.6. The van der Waals surface area contributed by atoms with Crippen LogP contribution in [0.2, 0.25) is 0 Å². The molecule has 0 spiro atoms. The van der Waals surface area contributed by atoms with Gasteiger partial charge < -0.3 is 19.6 Å². The molecule has 11 aromatic carbocycles. The zero-order chi connectivity index (χ0) is 51.8. The molecule has 15 rings (SSSR count). The first kappa shape index (κ1) is 44.7. The van der Waals surface area contributed by atoms with E-state index in [0.29, 0.717) is 0 Å². The molecular formula is C69H50B2N4S2. The summed E-state index contributed by atoms with van der Waals surface area (Å²) in [6.07, 6.45) is 0.813. The quantitative estimate of drug-likeness (QED) is 0.133. The molecule has 0 saturated heterocycles. The molecule has 0 saturated carbocycles. The number of rotatable bonds is 9. The van der Waals surface area contributed by atoms with E-state index < -0.39 is 0 Å². The molecule has 0 aliphatic carbocycles. The molecule has 4 aliphatic rings. The third-order valence-corrected chi connectivity index (χ3v) is 18.1. The van der Waals surface area contributed by atoms with Gasteiger partial charge >= 0.3 is 0 Å². The van der Waals surface area contributed by atoms with Gasteiger partial charge in [0.05, 0.1) is 11.4 Å². The number of para-hydroxylation sites is 7. The molecule has 0 radical (unpaired) electrons. The predicted octanol–water partition coefficient (Wildman–Crippen LogP) is 15.0. The van der Waals surface area contributed by atoms with Crippen molar-refractivity contribution < 1.29 is 1.37 Å². The molecule has 0 fully saturated rings. The Morgan fingerprint density at radius 2 is 0.883 bits per heavy atom.